The number of nitrogens with zero attached hydrogens (tertiary/aromatic N) is 2. The van der Waals surface area contributed by atoms with Gasteiger partial charge in [-0.25, -0.2) is 9.97 Å². The predicted molar refractivity (Wildman–Crippen MR) is 65.9 cm³/mol. The maximum atomic E-state index is 11.6. The Bertz CT molecular complexity index is 487. The van der Waals surface area contributed by atoms with Crippen molar-refractivity contribution in [1.29, 1.82) is 0 Å². The highest BCUT2D eigenvalue weighted by Crippen LogP contribution is 2.13. The van der Waals surface area contributed by atoms with E-state index in [0.29, 0.717) is 24.5 Å². The number of hydrogen-bond donors (Lipinski definition) is 2. The van der Waals surface area contributed by atoms with Gasteiger partial charge >= 0.3 is 0 Å². The van der Waals surface area contributed by atoms with Crippen LogP contribution in [-0.4, -0.2) is 27.8 Å². The smallest absolute Gasteiger partial charge is 0.249 e. The molecule has 1 aromatic heterocycles. The zero-order valence-corrected chi connectivity index (χ0v) is 10.5. The molecule has 96 valence electrons. The number of imide groups is 1. The maximum Gasteiger partial charge on any atom is 0.249 e. The largest absolute Gasteiger partial charge is 0.358 e. The standard InChI is InChI=1S/C12H16N4O2/c1-3-8-6-10(14-7(2)13-8)15-9-4-5-11(17)16-12(9)18/h6,9H,3-5H2,1-2H3,(H,13,14,15)(H,16,17,18). The Kier molecular flexibility index (Phi) is 3.55. The SMILES string of the molecule is CCc1cc(NC2CCC(=O)NC2=O)nc(C)n1. The van der Waals surface area contributed by atoms with E-state index in [4.69, 9.17) is 0 Å². The summed E-state index contributed by atoms with van der Waals surface area (Å²) in [4.78, 5) is 31.2. The highest BCUT2D eigenvalue weighted by atomic mass is 16.2. The second kappa shape index (κ2) is 5.12. The summed E-state index contributed by atoms with van der Waals surface area (Å²) in [7, 11) is 0. The van der Waals surface area contributed by atoms with Crippen LogP contribution < -0.4 is 10.6 Å². The first-order valence-corrected chi connectivity index (χ1v) is 6.03. The van der Waals surface area contributed by atoms with Gasteiger partial charge in [0.15, 0.2) is 0 Å². The van der Waals surface area contributed by atoms with Crippen LogP contribution in [0.2, 0.25) is 0 Å². The molecule has 0 spiro atoms. The average molecular weight is 248 g/mol. The summed E-state index contributed by atoms with van der Waals surface area (Å²) in [6.45, 7) is 3.83. The molecule has 1 aliphatic rings. The molecule has 0 aromatic carbocycles. The van der Waals surface area contributed by atoms with E-state index >= 15 is 0 Å². The molecule has 1 aliphatic heterocycles. The first-order chi connectivity index (χ1) is 8.58. The summed E-state index contributed by atoms with van der Waals surface area (Å²) in [6, 6.07) is 1.43. The second-order valence-corrected chi connectivity index (χ2v) is 4.29. The van der Waals surface area contributed by atoms with Crippen LogP contribution in [0.15, 0.2) is 6.07 Å². The van der Waals surface area contributed by atoms with Gasteiger partial charge in [-0.15, -0.1) is 0 Å². The summed E-state index contributed by atoms with van der Waals surface area (Å²) in [5.41, 5.74) is 0.928. The predicted octanol–water partition coefficient (Wildman–Crippen LogP) is 0.565. The summed E-state index contributed by atoms with van der Waals surface area (Å²) in [5, 5.41) is 5.36. The minimum absolute atomic E-state index is 0.217. The summed E-state index contributed by atoms with van der Waals surface area (Å²) in [6.07, 6.45) is 1.66. The normalized spacial score (nSPS) is 19.6. The number of piperidine rings is 1. The Hall–Kier alpha value is -1.98. The highest BCUT2D eigenvalue weighted by Gasteiger charge is 2.26. The number of aryl methyl sites for hydroxylation is 2. The number of rotatable bonds is 3. The molecule has 1 saturated heterocycles. The lowest BCUT2D eigenvalue weighted by molar-refractivity contribution is -0.133. The van der Waals surface area contributed by atoms with E-state index in [-0.39, 0.29) is 11.8 Å². The minimum Gasteiger partial charge on any atom is -0.358 e. The minimum atomic E-state index is -0.401. The van der Waals surface area contributed by atoms with Crippen LogP contribution in [-0.2, 0) is 16.0 Å². The quantitative estimate of drug-likeness (QED) is 0.764. The Labute approximate surface area is 105 Å². The van der Waals surface area contributed by atoms with E-state index in [1.54, 1.807) is 0 Å². The molecule has 1 atom stereocenters. The molecule has 6 heteroatoms. The van der Waals surface area contributed by atoms with Crippen molar-refractivity contribution in [2.24, 2.45) is 0 Å². The fraction of sp³-hybridized carbons (Fsp3) is 0.500. The fourth-order valence-corrected chi connectivity index (χ4v) is 1.89. The van der Waals surface area contributed by atoms with Crippen LogP contribution >= 0.6 is 0 Å². The summed E-state index contributed by atoms with van der Waals surface area (Å²) in [5.74, 6) is 0.796. The van der Waals surface area contributed by atoms with Gasteiger partial charge in [-0.1, -0.05) is 6.92 Å². The number of amides is 2. The van der Waals surface area contributed by atoms with E-state index < -0.39 is 6.04 Å². The molecule has 6 nitrogen and oxygen atoms in total. The Morgan fingerprint density at radius 2 is 2.22 bits per heavy atom. The third-order valence-corrected chi connectivity index (χ3v) is 2.81. The van der Waals surface area contributed by atoms with Gasteiger partial charge in [0.05, 0.1) is 0 Å². The van der Waals surface area contributed by atoms with Crippen LogP contribution in [0.25, 0.3) is 0 Å². The van der Waals surface area contributed by atoms with E-state index in [0.717, 1.165) is 12.1 Å². The molecule has 0 aliphatic carbocycles. The summed E-state index contributed by atoms with van der Waals surface area (Å²) >= 11 is 0. The highest BCUT2D eigenvalue weighted by molar-refractivity contribution is 6.01. The van der Waals surface area contributed by atoms with Crippen LogP contribution in [0.3, 0.4) is 0 Å². The van der Waals surface area contributed by atoms with Gasteiger partial charge in [0.25, 0.3) is 0 Å². The number of hydrogen-bond acceptors (Lipinski definition) is 5. The average Bonchev–Trinajstić information content (AvgIpc) is 2.32. The van der Waals surface area contributed by atoms with E-state index in [1.807, 2.05) is 19.9 Å². The third-order valence-electron chi connectivity index (χ3n) is 2.81. The van der Waals surface area contributed by atoms with Gasteiger partial charge < -0.3 is 5.32 Å². The first-order valence-electron chi connectivity index (χ1n) is 6.03. The molecule has 0 radical (unpaired) electrons. The lowest BCUT2D eigenvalue weighted by atomic mass is 10.1. The Balaban J connectivity index is 2.11. The number of carbonyl (C=O) groups is 2. The van der Waals surface area contributed by atoms with Crippen molar-refractivity contribution >= 4 is 17.6 Å². The van der Waals surface area contributed by atoms with E-state index in [1.165, 1.54) is 0 Å². The van der Waals surface area contributed by atoms with Crippen LogP contribution in [0.4, 0.5) is 5.82 Å². The lowest BCUT2D eigenvalue weighted by Crippen LogP contribution is -2.47. The number of aromatic nitrogens is 2. The van der Waals surface area contributed by atoms with Crippen LogP contribution in [0, 0.1) is 6.92 Å². The zero-order valence-electron chi connectivity index (χ0n) is 10.5. The van der Waals surface area contributed by atoms with Gasteiger partial charge in [-0.05, 0) is 19.8 Å². The van der Waals surface area contributed by atoms with Gasteiger partial charge in [-0.2, -0.15) is 0 Å². The summed E-state index contributed by atoms with van der Waals surface area (Å²) < 4.78 is 0. The maximum absolute atomic E-state index is 11.6. The molecule has 2 rings (SSSR count). The van der Waals surface area contributed by atoms with Crippen molar-refractivity contribution in [3.05, 3.63) is 17.6 Å². The molecule has 1 unspecified atom stereocenters. The molecule has 2 amide bonds. The van der Waals surface area contributed by atoms with Crippen molar-refractivity contribution in [1.82, 2.24) is 15.3 Å². The van der Waals surface area contributed by atoms with E-state index in [2.05, 4.69) is 20.6 Å². The molecular formula is C12H16N4O2. The van der Waals surface area contributed by atoms with Crippen molar-refractivity contribution < 1.29 is 9.59 Å². The van der Waals surface area contributed by atoms with Crippen molar-refractivity contribution in [3.8, 4) is 0 Å². The second-order valence-electron chi connectivity index (χ2n) is 4.29. The molecule has 2 heterocycles. The third kappa shape index (κ3) is 2.82. The van der Waals surface area contributed by atoms with Crippen molar-refractivity contribution in [2.45, 2.75) is 39.2 Å². The fourth-order valence-electron chi connectivity index (χ4n) is 1.89. The molecule has 1 aromatic rings. The van der Waals surface area contributed by atoms with Crippen molar-refractivity contribution in [2.75, 3.05) is 5.32 Å². The van der Waals surface area contributed by atoms with Crippen LogP contribution in [0.5, 0.6) is 0 Å². The van der Waals surface area contributed by atoms with Gasteiger partial charge in [-0.3, -0.25) is 14.9 Å². The van der Waals surface area contributed by atoms with Crippen LogP contribution in [0.1, 0.15) is 31.3 Å². The van der Waals surface area contributed by atoms with Crippen molar-refractivity contribution in [3.63, 3.8) is 0 Å². The Morgan fingerprint density at radius 3 is 2.89 bits per heavy atom. The van der Waals surface area contributed by atoms with E-state index in [9.17, 15) is 9.59 Å². The molecule has 0 bridgehead atoms. The topological polar surface area (TPSA) is 84.0 Å². The monoisotopic (exact) mass is 248 g/mol. The zero-order chi connectivity index (χ0) is 13.1. The molecule has 0 saturated carbocycles. The number of anilines is 1. The molecule has 1 fully saturated rings. The Morgan fingerprint density at radius 1 is 1.44 bits per heavy atom. The van der Waals surface area contributed by atoms with Gasteiger partial charge in [0.1, 0.15) is 17.7 Å². The van der Waals surface area contributed by atoms with Gasteiger partial charge in [0, 0.05) is 18.2 Å². The van der Waals surface area contributed by atoms with Gasteiger partial charge in [0.2, 0.25) is 11.8 Å². The lowest BCUT2D eigenvalue weighted by Gasteiger charge is -2.22. The first kappa shape index (κ1) is 12.5. The molecule has 18 heavy (non-hydrogen) atoms. The number of nitrogens with one attached hydrogen (secondary N) is 2. The number of carbonyl (C=O) groups excluding carboxylic acids is 2. The molecule has 2 N–H and O–H groups in total. The molecular weight excluding hydrogens is 232 g/mol.